The van der Waals surface area contributed by atoms with E-state index in [-0.39, 0.29) is 11.8 Å². The molecule has 0 saturated heterocycles. The van der Waals surface area contributed by atoms with Gasteiger partial charge in [-0.05, 0) is 37.1 Å². The van der Waals surface area contributed by atoms with Gasteiger partial charge in [0.05, 0.1) is 11.8 Å². The van der Waals surface area contributed by atoms with Gasteiger partial charge >= 0.3 is 11.9 Å². The topological polar surface area (TPSA) is 153 Å². The third-order valence-electron chi connectivity index (χ3n) is 3.51. The van der Waals surface area contributed by atoms with Gasteiger partial charge < -0.3 is 31.5 Å². The smallest absolute Gasteiger partial charge is 0.328 e. The molecule has 126 valence electrons. The Hall–Kier alpha value is -2.58. The summed E-state index contributed by atoms with van der Waals surface area (Å²) in [6, 6.07) is 3.35. The normalized spacial score (nSPS) is 19.6. The van der Waals surface area contributed by atoms with E-state index in [0.717, 1.165) is 24.0 Å². The molecule has 0 saturated carbocycles. The standard InChI is InChI=1S/C11H16N2O2.C4H4O4/c1-13-8-4-2-6-7(11(8)15)3-5-9(14)10(6)12;5-3(6)1-2-4(7)8/h3,5,8,11,13-15H,2,4,12H2,1H3;1-2H,(H,5,6)(H,7,8)/b;2-1+/t8-,11-;/m0./s1. The monoisotopic (exact) mass is 324 g/mol. The molecule has 8 nitrogen and oxygen atoms in total. The molecule has 0 aromatic heterocycles. The number of benzene rings is 1. The van der Waals surface area contributed by atoms with Gasteiger partial charge in [0.1, 0.15) is 5.75 Å². The highest BCUT2D eigenvalue weighted by atomic mass is 16.4. The molecule has 0 unspecified atom stereocenters. The van der Waals surface area contributed by atoms with Crippen LogP contribution in [-0.2, 0) is 16.0 Å². The average molecular weight is 324 g/mol. The van der Waals surface area contributed by atoms with E-state index >= 15 is 0 Å². The van der Waals surface area contributed by atoms with Crippen LogP contribution < -0.4 is 11.1 Å². The zero-order valence-corrected chi connectivity index (χ0v) is 12.6. The molecular formula is C15H20N2O6. The predicted molar refractivity (Wildman–Crippen MR) is 83.1 cm³/mol. The van der Waals surface area contributed by atoms with E-state index in [1.807, 2.05) is 7.05 Å². The van der Waals surface area contributed by atoms with Gasteiger partial charge in [0.25, 0.3) is 0 Å². The van der Waals surface area contributed by atoms with Crippen LogP contribution in [0.3, 0.4) is 0 Å². The number of aliphatic carboxylic acids is 2. The molecule has 1 aliphatic carbocycles. The van der Waals surface area contributed by atoms with Crippen molar-refractivity contribution in [2.75, 3.05) is 12.8 Å². The summed E-state index contributed by atoms with van der Waals surface area (Å²) < 4.78 is 0. The first-order valence-electron chi connectivity index (χ1n) is 6.87. The lowest BCUT2D eigenvalue weighted by atomic mass is 9.85. The number of hydrogen-bond donors (Lipinski definition) is 6. The van der Waals surface area contributed by atoms with Crippen molar-refractivity contribution in [1.29, 1.82) is 0 Å². The van der Waals surface area contributed by atoms with E-state index in [9.17, 15) is 19.8 Å². The second kappa shape index (κ2) is 8.16. The van der Waals surface area contributed by atoms with E-state index < -0.39 is 18.0 Å². The van der Waals surface area contributed by atoms with Crippen molar-refractivity contribution in [3.8, 4) is 5.75 Å². The van der Waals surface area contributed by atoms with Crippen molar-refractivity contribution in [1.82, 2.24) is 5.32 Å². The average Bonchev–Trinajstić information content (AvgIpc) is 2.50. The van der Waals surface area contributed by atoms with Crippen molar-refractivity contribution in [2.45, 2.75) is 25.0 Å². The molecule has 8 heteroatoms. The van der Waals surface area contributed by atoms with Crippen LogP contribution in [0.4, 0.5) is 5.69 Å². The Kier molecular flexibility index (Phi) is 6.55. The Morgan fingerprint density at radius 2 is 1.83 bits per heavy atom. The highest BCUT2D eigenvalue weighted by molar-refractivity contribution is 5.89. The number of nitrogen functional groups attached to an aromatic ring is 1. The number of carboxylic acid groups (broad SMARTS) is 2. The van der Waals surface area contributed by atoms with Crippen LogP contribution in [0.25, 0.3) is 0 Å². The molecule has 0 bridgehead atoms. The lowest BCUT2D eigenvalue weighted by Gasteiger charge is -2.30. The number of carbonyl (C=O) groups is 2. The quantitative estimate of drug-likeness (QED) is 0.263. The number of nitrogens with one attached hydrogen (secondary N) is 1. The van der Waals surface area contributed by atoms with Crippen LogP contribution in [0.5, 0.6) is 5.75 Å². The summed E-state index contributed by atoms with van der Waals surface area (Å²) in [6.45, 7) is 0. The Bertz CT molecular complexity index is 598. The molecule has 1 aliphatic rings. The molecule has 2 atom stereocenters. The molecule has 7 N–H and O–H groups in total. The van der Waals surface area contributed by atoms with E-state index in [1.54, 1.807) is 6.07 Å². The number of phenolic OH excluding ortho intramolecular Hbond substituents is 1. The Morgan fingerprint density at radius 1 is 1.26 bits per heavy atom. The summed E-state index contributed by atoms with van der Waals surface area (Å²) >= 11 is 0. The summed E-state index contributed by atoms with van der Waals surface area (Å²) in [5, 5.41) is 38.2. The number of phenols is 1. The fourth-order valence-electron chi connectivity index (χ4n) is 2.34. The van der Waals surface area contributed by atoms with Crippen LogP contribution in [-0.4, -0.2) is 45.5 Å². The number of aliphatic hydroxyl groups is 1. The molecule has 0 amide bonds. The maximum Gasteiger partial charge on any atom is 0.328 e. The Labute approximate surface area is 132 Å². The van der Waals surface area contributed by atoms with Crippen molar-refractivity contribution in [3.63, 3.8) is 0 Å². The lowest BCUT2D eigenvalue weighted by molar-refractivity contribution is -0.134. The van der Waals surface area contributed by atoms with Gasteiger partial charge in [0, 0.05) is 18.2 Å². The number of aromatic hydroxyl groups is 1. The number of aliphatic hydroxyl groups excluding tert-OH is 1. The second-order valence-corrected chi connectivity index (χ2v) is 4.95. The molecule has 2 rings (SSSR count). The number of hydrogen-bond acceptors (Lipinski definition) is 6. The van der Waals surface area contributed by atoms with Gasteiger partial charge in [-0.25, -0.2) is 9.59 Å². The van der Waals surface area contributed by atoms with Gasteiger partial charge in [-0.15, -0.1) is 0 Å². The van der Waals surface area contributed by atoms with Crippen LogP contribution >= 0.6 is 0 Å². The molecule has 1 aromatic carbocycles. The minimum Gasteiger partial charge on any atom is -0.506 e. The zero-order chi connectivity index (χ0) is 17.6. The maximum absolute atomic E-state index is 10.0. The molecule has 23 heavy (non-hydrogen) atoms. The Balaban J connectivity index is 0.000000284. The zero-order valence-electron chi connectivity index (χ0n) is 12.6. The number of likely N-dealkylation sites (N-methyl/N-ethyl adjacent to an activating group) is 1. The fraction of sp³-hybridized carbons (Fsp3) is 0.333. The maximum atomic E-state index is 10.0. The number of anilines is 1. The summed E-state index contributed by atoms with van der Waals surface area (Å²) in [5.74, 6) is -2.41. The molecule has 0 aliphatic heterocycles. The highest BCUT2D eigenvalue weighted by Crippen LogP contribution is 2.37. The van der Waals surface area contributed by atoms with Crippen LogP contribution in [0.1, 0.15) is 23.7 Å². The third kappa shape index (κ3) is 4.97. The molecular weight excluding hydrogens is 304 g/mol. The number of rotatable bonds is 3. The van der Waals surface area contributed by atoms with Crippen molar-refractivity contribution in [2.24, 2.45) is 0 Å². The van der Waals surface area contributed by atoms with Gasteiger partial charge in [0.2, 0.25) is 0 Å². The van der Waals surface area contributed by atoms with Gasteiger partial charge in [-0.3, -0.25) is 0 Å². The lowest BCUT2D eigenvalue weighted by Crippen LogP contribution is -2.36. The molecule has 0 heterocycles. The third-order valence-corrected chi connectivity index (χ3v) is 3.51. The Morgan fingerprint density at radius 3 is 2.30 bits per heavy atom. The summed E-state index contributed by atoms with van der Waals surface area (Å²) in [6.07, 6.45) is 2.20. The highest BCUT2D eigenvalue weighted by Gasteiger charge is 2.28. The van der Waals surface area contributed by atoms with E-state index in [0.29, 0.717) is 17.8 Å². The SMILES string of the molecule is CN[C@H]1CCc2c(ccc(O)c2N)[C@@H]1O.O=C(O)/C=C/C(=O)O. The van der Waals surface area contributed by atoms with Gasteiger partial charge in [-0.2, -0.15) is 0 Å². The van der Waals surface area contributed by atoms with Gasteiger partial charge in [0.15, 0.2) is 0 Å². The minimum absolute atomic E-state index is 0.0708. The van der Waals surface area contributed by atoms with Crippen LogP contribution in [0.2, 0.25) is 0 Å². The number of fused-ring (bicyclic) bond motifs is 1. The summed E-state index contributed by atoms with van der Waals surface area (Å²) in [4.78, 5) is 19.1. The second-order valence-electron chi connectivity index (χ2n) is 4.95. The van der Waals surface area contributed by atoms with Crippen LogP contribution in [0.15, 0.2) is 24.3 Å². The van der Waals surface area contributed by atoms with Crippen molar-refractivity contribution in [3.05, 3.63) is 35.4 Å². The van der Waals surface area contributed by atoms with Gasteiger partial charge in [-0.1, -0.05) is 6.07 Å². The molecule has 0 spiro atoms. The van der Waals surface area contributed by atoms with E-state index in [4.69, 9.17) is 15.9 Å². The predicted octanol–water partition coefficient (Wildman–Crippen LogP) is 0.254. The first-order chi connectivity index (χ1) is 10.8. The van der Waals surface area contributed by atoms with Crippen molar-refractivity contribution >= 4 is 17.6 Å². The molecule has 0 fully saturated rings. The number of nitrogens with two attached hydrogens (primary N) is 1. The van der Waals surface area contributed by atoms with Crippen molar-refractivity contribution < 1.29 is 30.0 Å². The minimum atomic E-state index is -1.26. The molecule has 0 radical (unpaired) electrons. The first kappa shape index (κ1) is 18.5. The fourth-order valence-corrected chi connectivity index (χ4v) is 2.34. The summed E-state index contributed by atoms with van der Waals surface area (Å²) in [5.41, 5.74) is 7.89. The van der Waals surface area contributed by atoms with E-state index in [1.165, 1.54) is 6.07 Å². The molecule has 1 aromatic rings. The first-order valence-corrected chi connectivity index (χ1v) is 6.87. The summed E-state index contributed by atoms with van der Waals surface area (Å²) in [7, 11) is 1.84. The van der Waals surface area contributed by atoms with Crippen LogP contribution in [0, 0.1) is 0 Å². The largest absolute Gasteiger partial charge is 0.506 e. The number of carboxylic acids is 2. The van der Waals surface area contributed by atoms with E-state index in [2.05, 4.69) is 5.32 Å².